The van der Waals surface area contributed by atoms with Gasteiger partial charge in [0.1, 0.15) is 11.6 Å². The van der Waals surface area contributed by atoms with Gasteiger partial charge in [-0.15, -0.1) is 0 Å². The fourth-order valence-corrected chi connectivity index (χ4v) is 4.79. The van der Waals surface area contributed by atoms with Crippen LogP contribution in [0.3, 0.4) is 0 Å². The van der Waals surface area contributed by atoms with E-state index >= 15 is 4.39 Å². The zero-order valence-corrected chi connectivity index (χ0v) is 18.0. The minimum Gasteiger partial charge on any atom is -0.337 e. The van der Waals surface area contributed by atoms with E-state index in [1.807, 2.05) is 0 Å². The van der Waals surface area contributed by atoms with Gasteiger partial charge in [0.2, 0.25) is 15.9 Å². The number of halogens is 2. The molecule has 0 bridgehead atoms. The zero-order valence-electron chi connectivity index (χ0n) is 17.2. The maximum atomic E-state index is 15.3. The highest BCUT2D eigenvalue weighted by Crippen LogP contribution is 2.29. The zero-order chi connectivity index (χ0) is 22.1. The lowest BCUT2D eigenvalue weighted by molar-refractivity contribution is -0.135. The second-order valence-electron chi connectivity index (χ2n) is 8.03. The van der Waals surface area contributed by atoms with Crippen molar-refractivity contribution in [1.82, 2.24) is 9.62 Å². The summed E-state index contributed by atoms with van der Waals surface area (Å²) in [5.74, 6) is -1.31. The molecule has 162 valence electrons. The van der Waals surface area contributed by atoms with Gasteiger partial charge in [-0.25, -0.2) is 21.9 Å². The van der Waals surface area contributed by atoms with E-state index in [1.165, 1.54) is 18.2 Å². The van der Waals surface area contributed by atoms with Crippen LogP contribution in [-0.2, 0) is 21.2 Å². The van der Waals surface area contributed by atoms with Crippen LogP contribution in [-0.4, -0.2) is 44.1 Å². The van der Waals surface area contributed by atoms with Crippen molar-refractivity contribution in [1.29, 1.82) is 0 Å². The molecule has 1 heterocycles. The van der Waals surface area contributed by atoms with Gasteiger partial charge in [0.05, 0.1) is 12.3 Å². The summed E-state index contributed by atoms with van der Waals surface area (Å²) in [6.45, 7) is 3.96. The summed E-state index contributed by atoms with van der Waals surface area (Å²) in [5.41, 5.74) is 1.03. The number of amides is 1. The van der Waals surface area contributed by atoms with Crippen LogP contribution < -0.4 is 4.72 Å². The molecule has 1 amide bonds. The van der Waals surface area contributed by atoms with Crippen molar-refractivity contribution in [3.8, 4) is 11.1 Å². The molecule has 5 nitrogen and oxygen atoms in total. The number of sulfonamides is 1. The van der Waals surface area contributed by atoms with Crippen LogP contribution >= 0.6 is 0 Å². The van der Waals surface area contributed by atoms with Gasteiger partial charge in [0.15, 0.2) is 0 Å². The van der Waals surface area contributed by atoms with E-state index in [0.717, 1.165) is 6.26 Å². The number of carbonyl (C=O) groups excluding carboxylic acids is 1. The third kappa shape index (κ3) is 5.05. The molecule has 8 heteroatoms. The average Bonchev–Trinajstić information content (AvgIpc) is 3.03. The fourth-order valence-electron chi connectivity index (χ4n) is 3.97. The molecule has 2 aromatic carbocycles. The normalized spacial score (nSPS) is 19.5. The second-order valence-corrected chi connectivity index (χ2v) is 9.81. The summed E-state index contributed by atoms with van der Waals surface area (Å²) in [7, 11) is -3.49. The Morgan fingerprint density at radius 3 is 2.53 bits per heavy atom. The predicted molar refractivity (Wildman–Crippen MR) is 112 cm³/mol. The van der Waals surface area contributed by atoms with Crippen molar-refractivity contribution in [3.05, 3.63) is 59.7 Å². The van der Waals surface area contributed by atoms with E-state index in [9.17, 15) is 17.6 Å². The molecule has 1 aliphatic heterocycles. The molecule has 0 aliphatic carbocycles. The number of hydrogen-bond acceptors (Lipinski definition) is 3. The van der Waals surface area contributed by atoms with Gasteiger partial charge < -0.3 is 4.90 Å². The Bertz CT molecular complexity index is 1040. The Labute approximate surface area is 176 Å². The van der Waals surface area contributed by atoms with Crippen LogP contribution in [0.25, 0.3) is 11.1 Å². The third-order valence-electron chi connectivity index (χ3n) is 5.33. The molecule has 2 unspecified atom stereocenters. The first kappa shape index (κ1) is 22.4. The smallest absolute Gasteiger partial charge is 0.225 e. The average molecular weight is 437 g/mol. The maximum Gasteiger partial charge on any atom is 0.225 e. The van der Waals surface area contributed by atoms with Gasteiger partial charge in [-0.3, -0.25) is 4.79 Å². The lowest BCUT2D eigenvalue weighted by Gasteiger charge is -2.30. The minimum atomic E-state index is -3.49. The van der Waals surface area contributed by atoms with Crippen LogP contribution in [0.1, 0.15) is 25.8 Å². The minimum absolute atomic E-state index is 0.0977. The van der Waals surface area contributed by atoms with Gasteiger partial charge in [-0.05, 0) is 36.1 Å². The molecule has 0 saturated carbocycles. The van der Waals surface area contributed by atoms with E-state index in [1.54, 1.807) is 43.0 Å². The van der Waals surface area contributed by atoms with Crippen LogP contribution in [0, 0.1) is 17.6 Å². The molecule has 1 saturated heterocycles. The Morgan fingerprint density at radius 2 is 1.90 bits per heavy atom. The first-order valence-electron chi connectivity index (χ1n) is 9.88. The molecule has 2 aromatic rings. The molecule has 1 N–H and O–H groups in total. The predicted octanol–water partition coefficient (Wildman–Crippen LogP) is 3.35. The summed E-state index contributed by atoms with van der Waals surface area (Å²) in [6, 6.07) is 9.57. The van der Waals surface area contributed by atoms with Gasteiger partial charge in [-0.2, -0.15) is 0 Å². The summed E-state index contributed by atoms with van der Waals surface area (Å²) in [4.78, 5) is 14.3. The molecule has 0 spiro atoms. The summed E-state index contributed by atoms with van der Waals surface area (Å²) in [5, 5.41) is 0. The molecular weight excluding hydrogens is 410 g/mol. The highest BCUT2D eigenvalue weighted by molar-refractivity contribution is 7.88. The number of benzene rings is 2. The van der Waals surface area contributed by atoms with E-state index in [-0.39, 0.29) is 23.8 Å². The molecule has 1 fully saturated rings. The third-order valence-corrected chi connectivity index (χ3v) is 6.06. The highest BCUT2D eigenvalue weighted by atomic mass is 32.2. The van der Waals surface area contributed by atoms with Crippen LogP contribution in [0.5, 0.6) is 0 Å². The topological polar surface area (TPSA) is 66.5 Å². The van der Waals surface area contributed by atoms with Crippen molar-refractivity contribution in [3.63, 3.8) is 0 Å². The van der Waals surface area contributed by atoms with Crippen LogP contribution in [0.4, 0.5) is 8.78 Å². The van der Waals surface area contributed by atoms with Crippen molar-refractivity contribution in [2.45, 2.75) is 38.8 Å². The molecule has 3 rings (SSSR count). The second kappa shape index (κ2) is 8.81. The number of rotatable bonds is 6. The van der Waals surface area contributed by atoms with Crippen LogP contribution in [0.15, 0.2) is 42.5 Å². The number of likely N-dealkylation sites (tertiary alicyclic amines) is 1. The SMILES string of the molecule is CC(C)C(=O)N1CCC(NS(C)(=O)=O)C1Cc1cccc(-c2cccc(F)c2)c1F. The first-order valence-corrected chi connectivity index (χ1v) is 11.8. The molecule has 1 aliphatic rings. The number of hydrogen-bond donors (Lipinski definition) is 1. The van der Waals surface area contributed by atoms with Crippen molar-refractivity contribution in [2.75, 3.05) is 12.8 Å². The monoisotopic (exact) mass is 436 g/mol. The molecule has 30 heavy (non-hydrogen) atoms. The highest BCUT2D eigenvalue weighted by Gasteiger charge is 2.39. The molecule has 0 radical (unpaired) electrons. The Balaban J connectivity index is 1.96. The Morgan fingerprint density at radius 1 is 1.20 bits per heavy atom. The van der Waals surface area contributed by atoms with Crippen molar-refractivity contribution < 1.29 is 22.0 Å². The lowest BCUT2D eigenvalue weighted by Crippen LogP contribution is -2.48. The lowest BCUT2D eigenvalue weighted by atomic mass is 9.95. The standard InChI is InChI=1S/C22H26F2N2O3S/c1-14(2)22(27)26-11-10-19(25-30(3,28)29)20(26)13-16-7-5-9-18(21(16)24)15-6-4-8-17(23)12-15/h4-9,12,14,19-20,25H,10-11,13H2,1-3H3. The Kier molecular flexibility index (Phi) is 6.57. The summed E-state index contributed by atoms with van der Waals surface area (Å²) in [6.07, 6.45) is 1.68. The molecule has 0 aromatic heterocycles. The first-order chi connectivity index (χ1) is 14.1. The van der Waals surface area contributed by atoms with Crippen molar-refractivity contribution >= 4 is 15.9 Å². The van der Waals surface area contributed by atoms with Gasteiger partial charge in [0.25, 0.3) is 0 Å². The summed E-state index contributed by atoms with van der Waals surface area (Å²) >= 11 is 0. The number of carbonyl (C=O) groups is 1. The maximum absolute atomic E-state index is 15.3. The molecular formula is C22H26F2N2O3S. The van der Waals surface area contributed by atoms with E-state index < -0.39 is 33.7 Å². The Hall–Kier alpha value is -2.32. The van der Waals surface area contributed by atoms with E-state index in [0.29, 0.717) is 24.1 Å². The quantitative estimate of drug-likeness (QED) is 0.755. The number of nitrogens with one attached hydrogen (secondary N) is 1. The van der Waals surface area contributed by atoms with Gasteiger partial charge >= 0.3 is 0 Å². The number of nitrogens with zero attached hydrogens (tertiary/aromatic N) is 1. The van der Waals surface area contributed by atoms with E-state index in [4.69, 9.17) is 0 Å². The van der Waals surface area contributed by atoms with Crippen molar-refractivity contribution in [2.24, 2.45) is 5.92 Å². The largest absolute Gasteiger partial charge is 0.337 e. The van der Waals surface area contributed by atoms with E-state index in [2.05, 4.69) is 4.72 Å². The van der Waals surface area contributed by atoms with Gasteiger partial charge in [0, 0.05) is 24.1 Å². The van der Waals surface area contributed by atoms with Crippen LogP contribution in [0.2, 0.25) is 0 Å². The van der Waals surface area contributed by atoms with Gasteiger partial charge in [-0.1, -0.05) is 44.2 Å². The summed E-state index contributed by atoms with van der Waals surface area (Å²) < 4.78 is 55.1. The molecule has 2 atom stereocenters. The fraction of sp³-hybridized carbons (Fsp3) is 0.409.